The Labute approximate surface area is 224 Å². The molecule has 3 atom stereocenters. The van der Waals surface area contributed by atoms with Crippen molar-refractivity contribution in [2.24, 2.45) is 0 Å². The van der Waals surface area contributed by atoms with Gasteiger partial charge in [0, 0.05) is 62.3 Å². The van der Waals surface area contributed by atoms with Gasteiger partial charge in [0.1, 0.15) is 4.21 Å². The van der Waals surface area contributed by atoms with E-state index in [1.54, 1.807) is 26.2 Å². The number of aromatic nitrogens is 2. The molecule has 3 aliphatic rings. The molecule has 3 fully saturated rings. The van der Waals surface area contributed by atoms with Crippen LogP contribution < -0.4 is 4.90 Å². The van der Waals surface area contributed by atoms with Gasteiger partial charge >= 0.3 is 5.00 Å². The molecule has 38 heavy (non-hydrogen) atoms. The summed E-state index contributed by atoms with van der Waals surface area (Å²) in [6, 6.07) is 2.21. The molecule has 15 heteroatoms. The van der Waals surface area contributed by atoms with Crippen molar-refractivity contribution in [3.05, 3.63) is 40.2 Å². The second-order valence-electron chi connectivity index (χ2n) is 10.6. The summed E-state index contributed by atoms with van der Waals surface area (Å²) in [5, 5.41) is 31.5. The largest absolute Gasteiger partial charge is 0.393 e. The van der Waals surface area contributed by atoms with E-state index in [-0.39, 0.29) is 40.4 Å². The summed E-state index contributed by atoms with van der Waals surface area (Å²) in [6.45, 7) is 5.44. The molecule has 0 aromatic carbocycles. The summed E-state index contributed by atoms with van der Waals surface area (Å²) >= 11 is 0.648. The number of nitro groups is 1. The molecule has 208 valence electrons. The third kappa shape index (κ3) is 5.41. The number of fused-ring (bicyclic) bond motifs is 2. The summed E-state index contributed by atoms with van der Waals surface area (Å²) < 4.78 is 34.0. The number of nitrogens with zero attached hydrogens (tertiary/aromatic N) is 6. The van der Waals surface area contributed by atoms with E-state index in [0.717, 1.165) is 0 Å². The zero-order chi connectivity index (χ0) is 27.2. The second kappa shape index (κ2) is 10.4. The van der Waals surface area contributed by atoms with Crippen LogP contribution in [0.2, 0.25) is 0 Å². The van der Waals surface area contributed by atoms with Crippen LogP contribution in [0.3, 0.4) is 0 Å². The van der Waals surface area contributed by atoms with Crippen molar-refractivity contribution in [1.82, 2.24) is 19.2 Å². The molecule has 3 aliphatic heterocycles. The van der Waals surface area contributed by atoms with Crippen molar-refractivity contribution in [2.45, 2.75) is 60.7 Å². The van der Waals surface area contributed by atoms with Crippen LogP contribution in [0.4, 0.5) is 10.9 Å². The molecule has 0 radical (unpaired) electrons. The molecule has 2 bridgehead atoms. The van der Waals surface area contributed by atoms with Gasteiger partial charge in [-0.15, -0.1) is 0 Å². The highest BCUT2D eigenvalue weighted by Gasteiger charge is 2.43. The Bertz CT molecular complexity index is 1250. The number of hydrogen-bond acceptors (Lipinski definition) is 12. The summed E-state index contributed by atoms with van der Waals surface area (Å²) in [7, 11) is -3.94. The molecule has 2 N–H and O–H groups in total. The normalized spacial score (nSPS) is 27.4. The smallest absolute Gasteiger partial charge is 0.325 e. The van der Waals surface area contributed by atoms with Crippen LogP contribution in [0.1, 0.15) is 32.3 Å². The lowest BCUT2D eigenvalue weighted by molar-refractivity contribution is -0.380. The zero-order valence-corrected chi connectivity index (χ0v) is 22.8. The van der Waals surface area contributed by atoms with Gasteiger partial charge in [0.05, 0.1) is 35.9 Å². The van der Waals surface area contributed by atoms with Crippen molar-refractivity contribution in [3.8, 4) is 0 Å². The number of piperidine rings is 1. The number of morpholine rings is 1. The Morgan fingerprint density at radius 2 is 1.84 bits per heavy atom. The van der Waals surface area contributed by atoms with Gasteiger partial charge in [-0.2, -0.15) is 4.31 Å². The first-order valence-electron chi connectivity index (χ1n) is 12.5. The van der Waals surface area contributed by atoms with Gasteiger partial charge in [-0.25, -0.2) is 18.4 Å². The van der Waals surface area contributed by atoms with Crippen LogP contribution in [0, 0.1) is 10.1 Å². The third-order valence-corrected chi connectivity index (χ3v) is 10.8. The number of aliphatic hydroxyl groups excluding tert-OH is 1. The average molecular weight is 569 g/mol. The summed E-state index contributed by atoms with van der Waals surface area (Å²) in [5.41, 5.74) is -0.532. The van der Waals surface area contributed by atoms with Crippen LogP contribution in [0.5, 0.6) is 0 Å². The van der Waals surface area contributed by atoms with Gasteiger partial charge in [0.15, 0.2) is 0 Å². The van der Waals surface area contributed by atoms with Crippen LogP contribution in [-0.2, 0) is 20.4 Å². The lowest BCUT2D eigenvalue weighted by atomic mass is 9.91. The summed E-state index contributed by atoms with van der Waals surface area (Å²) in [6.07, 6.45) is 3.93. The number of ether oxygens (including phenoxy) is 1. The maximum atomic E-state index is 13.5. The lowest BCUT2D eigenvalue weighted by Crippen LogP contribution is -2.64. The fraction of sp³-hybridized carbons (Fsp3) is 0.652. The Morgan fingerprint density at radius 1 is 1.18 bits per heavy atom. The number of hydrogen-bond donors (Lipinski definition) is 2. The van der Waals surface area contributed by atoms with Crippen molar-refractivity contribution in [1.29, 1.82) is 0 Å². The third-order valence-electron chi connectivity index (χ3n) is 7.46. The standard InChI is InChI=1S/C23H32N6O7S2/c1-23(2,31)15-9-24-22(25-10-15)27-6-5-26(38(34,35)21-4-3-20(37-21)29(32)33)11-18(27)12-28-16-7-19(30)8-17(28)14-36-13-16/h3-4,9-10,16-19,30-31H,5-8,11-14H2,1-2H3/t16?,17?,18-,19?/m1/s1. The summed E-state index contributed by atoms with van der Waals surface area (Å²) in [4.78, 5) is 23.8. The van der Waals surface area contributed by atoms with Crippen LogP contribution >= 0.6 is 11.3 Å². The number of aliphatic hydroxyl groups is 2. The van der Waals surface area contributed by atoms with E-state index in [9.17, 15) is 28.7 Å². The highest BCUT2D eigenvalue weighted by Crippen LogP contribution is 2.33. The SMILES string of the molecule is CC(C)(O)c1cnc(N2CCN(S(=O)(=O)c3ccc([N+](=O)[O-])s3)C[C@@H]2CN2C3COCC2CC(O)C3)nc1. The number of thiophene rings is 1. The van der Waals surface area contributed by atoms with Gasteiger partial charge in [0.25, 0.3) is 10.0 Å². The maximum absolute atomic E-state index is 13.5. The van der Waals surface area contributed by atoms with Crippen molar-refractivity contribution < 1.29 is 28.3 Å². The highest BCUT2D eigenvalue weighted by atomic mass is 32.2. The highest BCUT2D eigenvalue weighted by molar-refractivity contribution is 7.91. The van der Waals surface area contributed by atoms with E-state index >= 15 is 0 Å². The molecule has 0 aliphatic carbocycles. The maximum Gasteiger partial charge on any atom is 0.325 e. The minimum Gasteiger partial charge on any atom is -0.393 e. The van der Waals surface area contributed by atoms with E-state index in [4.69, 9.17) is 4.74 Å². The van der Waals surface area contributed by atoms with E-state index < -0.39 is 26.7 Å². The Balaban J connectivity index is 1.43. The van der Waals surface area contributed by atoms with Gasteiger partial charge in [-0.05, 0) is 44.1 Å². The molecule has 0 amide bonds. The van der Waals surface area contributed by atoms with E-state index in [2.05, 4.69) is 14.9 Å². The van der Waals surface area contributed by atoms with Crippen LogP contribution in [0.25, 0.3) is 0 Å². The second-order valence-corrected chi connectivity index (χ2v) is 13.8. The molecule has 2 unspecified atom stereocenters. The minimum absolute atomic E-state index is 0.0183. The fourth-order valence-corrected chi connectivity index (χ4v) is 8.16. The fourth-order valence-electron chi connectivity index (χ4n) is 5.43. The Hall–Kier alpha value is -2.27. The number of piperazine rings is 1. The van der Waals surface area contributed by atoms with Crippen molar-refractivity contribution in [2.75, 3.05) is 44.3 Å². The van der Waals surface area contributed by atoms with Crippen molar-refractivity contribution in [3.63, 3.8) is 0 Å². The van der Waals surface area contributed by atoms with Gasteiger partial charge in [-0.1, -0.05) is 0 Å². The van der Waals surface area contributed by atoms with E-state index in [1.807, 2.05) is 4.90 Å². The first-order chi connectivity index (χ1) is 17.9. The minimum atomic E-state index is -3.94. The first kappa shape index (κ1) is 27.3. The zero-order valence-electron chi connectivity index (χ0n) is 21.2. The summed E-state index contributed by atoms with van der Waals surface area (Å²) in [5.74, 6) is 0.435. The predicted molar refractivity (Wildman–Crippen MR) is 138 cm³/mol. The molecule has 5 heterocycles. The number of rotatable bonds is 7. The Morgan fingerprint density at radius 3 is 2.42 bits per heavy atom. The molecule has 0 spiro atoms. The molecule has 2 aromatic rings. The molecule has 2 aromatic heterocycles. The first-order valence-corrected chi connectivity index (χ1v) is 14.8. The molecular formula is C23H32N6O7S2. The number of anilines is 1. The van der Waals surface area contributed by atoms with Gasteiger partial charge in [-0.3, -0.25) is 15.0 Å². The lowest BCUT2D eigenvalue weighted by Gasteiger charge is -2.50. The average Bonchev–Trinajstić information content (AvgIpc) is 3.36. The van der Waals surface area contributed by atoms with Crippen LogP contribution in [-0.4, -0.2) is 106 Å². The quantitative estimate of drug-likeness (QED) is 0.358. The number of sulfonamides is 1. The van der Waals surface area contributed by atoms with E-state index in [1.165, 1.54) is 16.4 Å². The van der Waals surface area contributed by atoms with E-state index in [0.29, 0.717) is 62.0 Å². The topological polar surface area (TPSA) is 162 Å². The molecule has 13 nitrogen and oxygen atoms in total. The molecule has 0 saturated carbocycles. The molecular weight excluding hydrogens is 536 g/mol. The monoisotopic (exact) mass is 568 g/mol. The Kier molecular flexibility index (Phi) is 7.45. The van der Waals surface area contributed by atoms with Crippen LogP contribution in [0.15, 0.2) is 28.7 Å². The van der Waals surface area contributed by atoms with Gasteiger partial charge in [0.2, 0.25) is 5.95 Å². The van der Waals surface area contributed by atoms with Gasteiger partial charge < -0.3 is 19.8 Å². The van der Waals surface area contributed by atoms with Crippen molar-refractivity contribution >= 4 is 32.3 Å². The predicted octanol–water partition coefficient (Wildman–Crippen LogP) is 0.777. The molecule has 3 saturated heterocycles. The molecule has 5 rings (SSSR count).